The van der Waals surface area contributed by atoms with Gasteiger partial charge in [0.15, 0.2) is 5.76 Å². The maximum absolute atomic E-state index is 13.1. The Kier molecular flexibility index (Phi) is 6.49. The monoisotopic (exact) mass is 455 g/mol. The highest BCUT2D eigenvalue weighted by molar-refractivity contribution is 6.08. The number of rotatable bonds is 7. The van der Waals surface area contributed by atoms with E-state index in [9.17, 15) is 19.7 Å². The number of carbonyl (C=O) groups is 2. The Hall–Kier alpha value is -4.72. The van der Waals surface area contributed by atoms with Gasteiger partial charge in [-0.3, -0.25) is 19.7 Å². The molecule has 34 heavy (non-hydrogen) atoms. The predicted molar refractivity (Wildman–Crippen MR) is 127 cm³/mol. The molecule has 0 atom stereocenters. The van der Waals surface area contributed by atoms with Crippen molar-refractivity contribution in [2.75, 3.05) is 12.4 Å². The van der Waals surface area contributed by atoms with Crippen LogP contribution in [-0.4, -0.2) is 28.7 Å². The van der Waals surface area contributed by atoms with E-state index in [1.54, 1.807) is 54.4 Å². The molecule has 8 nitrogen and oxygen atoms in total. The Balaban J connectivity index is 1.51. The van der Waals surface area contributed by atoms with E-state index in [4.69, 9.17) is 4.42 Å². The molecule has 0 saturated carbocycles. The summed E-state index contributed by atoms with van der Waals surface area (Å²) in [6.07, 6.45) is 0. The van der Waals surface area contributed by atoms with E-state index >= 15 is 0 Å². The molecule has 4 aromatic rings. The van der Waals surface area contributed by atoms with Crippen molar-refractivity contribution in [2.24, 2.45) is 0 Å². The molecule has 3 aromatic carbocycles. The largest absolute Gasteiger partial charge is 0.451 e. The van der Waals surface area contributed by atoms with Crippen LogP contribution in [0.4, 0.5) is 11.4 Å². The Morgan fingerprint density at radius 3 is 2.44 bits per heavy atom. The molecule has 0 aliphatic heterocycles. The maximum atomic E-state index is 13.1. The van der Waals surface area contributed by atoms with Crippen LogP contribution in [0, 0.1) is 10.1 Å². The molecule has 1 heterocycles. The minimum absolute atomic E-state index is 0.0152. The third kappa shape index (κ3) is 5.02. The molecule has 0 bridgehead atoms. The van der Waals surface area contributed by atoms with E-state index < -0.39 is 10.8 Å². The molecule has 0 spiro atoms. The van der Waals surface area contributed by atoms with Crippen molar-refractivity contribution in [1.29, 1.82) is 0 Å². The zero-order valence-corrected chi connectivity index (χ0v) is 18.3. The minimum atomic E-state index is -0.539. The van der Waals surface area contributed by atoms with Crippen LogP contribution in [0.3, 0.4) is 0 Å². The van der Waals surface area contributed by atoms with E-state index in [0.29, 0.717) is 29.1 Å². The molecule has 0 saturated heterocycles. The van der Waals surface area contributed by atoms with Crippen LogP contribution in [0.25, 0.3) is 11.3 Å². The van der Waals surface area contributed by atoms with Gasteiger partial charge >= 0.3 is 0 Å². The molecule has 4 rings (SSSR count). The van der Waals surface area contributed by atoms with Gasteiger partial charge in [-0.25, -0.2) is 0 Å². The zero-order valence-electron chi connectivity index (χ0n) is 18.3. The number of anilines is 1. The molecule has 0 fully saturated rings. The van der Waals surface area contributed by atoms with Gasteiger partial charge in [-0.2, -0.15) is 0 Å². The number of nitrogens with one attached hydrogen (secondary N) is 1. The quantitative estimate of drug-likeness (QED) is 0.297. The second kappa shape index (κ2) is 9.83. The summed E-state index contributed by atoms with van der Waals surface area (Å²) in [5.41, 5.74) is 2.09. The number of benzene rings is 3. The fraction of sp³-hybridized carbons (Fsp3) is 0.0769. The smallest absolute Gasteiger partial charge is 0.291 e. The fourth-order valence-corrected chi connectivity index (χ4v) is 3.49. The van der Waals surface area contributed by atoms with Crippen molar-refractivity contribution < 1.29 is 18.9 Å². The molecule has 1 aromatic heterocycles. The number of amides is 2. The Labute approximate surface area is 195 Å². The lowest BCUT2D eigenvalue weighted by molar-refractivity contribution is -0.384. The van der Waals surface area contributed by atoms with E-state index in [1.165, 1.54) is 18.2 Å². The van der Waals surface area contributed by atoms with E-state index in [1.807, 2.05) is 30.3 Å². The highest BCUT2D eigenvalue weighted by atomic mass is 16.6. The summed E-state index contributed by atoms with van der Waals surface area (Å²) >= 11 is 0. The van der Waals surface area contributed by atoms with Crippen molar-refractivity contribution in [2.45, 2.75) is 6.54 Å². The summed E-state index contributed by atoms with van der Waals surface area (Å²) in [7, 11) is 1.70. The van der Waals surface area contributed by atoms with E-state index in [2.05, 4.69) is 5.32 Å². The minimum Gasteiger partial charge on any atom is -0.451 e. The van der Waals surface area contributed by atoms with Crippen LogP contribution in [-0.2, 0) is 6.54 Å². The lowest BCUT2D eigenvalue weighted by Crippen LogP contribution is -2.27. The molecular formula is C26H21N3O5. The van der Waals surface area contributed by atoms with Gasteiger partial charge in [-0.1, -0.05) is 54.6 Å². The number of hydrogen-bond acceptors (Lipinski definition) is 5. The summed E-state index contributed by atoms with van der Waals surface area (Å²) in [5, 5.41) is 13.8. The number of furan rings is 1. The second-order valence-corrected chi connectivity index (χ2v) is 7.62. The standard InChI is InChI=1S/C26H21N3O5/c1-28(17-18-8-3-2-4-9-18)26(31)21-12-5-6-13-22(21)27-25(30)24-15-14-23(34-24)19-10-7-11-20(16-19)29(32)33/h2-16H,17H2,1H3,(H,27,30). The molecule has 8 heteroatoms. The molecule has 170 valence electrons. The normalized spacial score (nSPS) is 10.5. The highest BCUT2D eigenvalue weighted by Crippen LogP contribution is 2.26. The van der Waals surface area contributed by atoms with Gasteiger partial charge in [-0.15, -0.1) is 0 Å². The summed E-state index contributed by atoms with van der Waals surface area (Å²) in [4.78, 5) is 38.0. The fourth-order valence-electron chi connectivity index (χ4n) is 3.49. The average Bonchev–Trinajstić information content (AvgIpc) is 3.35. The second-order valence-electron chi connectivity index (χ2n) is 7.62. The van der Waals surface area contributed by atoms with Crippen molar-refractivity contribution in [3.63, 3.8) is 0 Å². The third-order valence-electron chi connectivity index (χ3n) is 5.19. The van der Waals surface area contributed by atoms with Crippen LogP contribution in [0.5, 0.6) is 0 Å². The van der Waals surface area contributed by atoms with Gasteiger partial charge in [0.1, 0.15) is 5.76 Å². The number of carbonyl (C=O) groups excluding carboxylic acids is 2. The summed E-state index contributed by atoms with van der Waals surface area (Å²) in [6.45, 7) is 0.423. The number of hydrogen-bond donors (Lipinski definition) is 1. The van der Waals surface area contributed by atoms with E-state index in [0.717, 1.165) is 5.56 Å². The SMILES string of the molecule is CN(Cc1ccccc1)C(=O)c1ccccc1NC(=O)c1ccc(-c2cccc([N+](=O)[O-])c2)o1. The first-order valence-corrected chi connectivity index (χ1v) is 10.5. The van der Waals surface area contributed by atoms with Crippen LogP contribution in [0.15, 0.2) is 95.4 Å². The third-order valence-corrected chi connectivity index (χ3v) is 5.19. The lowest BCUT2D eigenvalue weighted by atomic mass is 10.1. The van der Waals surface area contributed by atoms with Crippen molar-refractivity contribution >= 4 is 23.2 Å². The van der Waals surface area contributed by atoms with Crippen molar-refractivity contribution in [1.82, 2.24) is 4.90 Å². The zero-order chi connectivity index (χ0) is 24.1. The average molecular weight is 455 g/mol. The van der Waals surface area contributed by atoms with Crippen LogP contribution in [0.2, 0.25) is 0 Å². The number of nitro groups is 1. The molecule has 0 unspecified atom stereocenters. The lowest BCUT2D eigenvalue weighted by Gasteiger charge is -2.19. The van der Waals surface area contributed by atoms with Crippen LogP contribution in [0.1, 0.15) is 26.5 Å². The number of nitro benzene ring substituents is 1. The van der Waals surface area contributed by atoms with Gasteiger partial charge in [-0.05, 0) is 29.8 Å². The first kappa shape index (κ1) is 22.5. The predicted octanol–water partition coefficient (Wildman–Crippen LogP) is 5.38. The number of para-hydroxylation sites is 1. The van der Waals surface area contributed by atoms with Gasteiger partial charge in [0.05, 0.1) is 16.2 Å². The molecule has 0 aliphatic rings. The van der Waals surface area contributed by atoms with Crippen molar-refractivity contribution in [3.05, 3.63) is 118 Å². The Morgan fingerprint density at radius 1 is 0.941 bits per heavy atom. The van der Waals surface area contributed by atoms with Gasteiger partial charge in [0.2, 0.25) is 0 Å². The number of non-ortho nitro benzene ring substituents is 1. The van der Waals surface area contributed by atoms with Gasteiger partial charge < -0.3 is 14.6 Å². The summed E-state index contributed by atoms with van der Waals surface area (Å²) in [6, 6.07) is 25.4. The highest BCUT2D eigenvalue weighted by Gasteiger charge is 2.19. The topological polar surface area (TPSA) is 106 Å². The Morgan fingerprint density at radius 2 is 1.68 bits per heavy atom. The molecule has 1 N–H and O–H groups in total. The first-order chi connectivity index (χ1) is 16.4. The van der Waals surface area contributed by atoms with E-state index in [-0.39, 0.29) is 17.4 Å². The summed E-state index contributed by atoms with van der Waals surface area (Å²) in [5.74, 6) is -0.443. The Bertz CT molecular complexity index is 1350. The number of nitrogens with zero attached hydrogens (tertiary/aromatic N) is 2. The molecule has 0 radical (unpaired) electrons. The van der Waals surface area contributed by atoms with Gasteiger partial charge in [0, 0.05) is 31.3 Å². The van der Waals surface area contributed by atoms with Gasteiger partial charge in [0.25, 0.3) is 17.5 Å². The first-order valence-electron chi connectivity index (χ1n) is 10.5. The maximum Gasteiger partial charge on any atom is 0.291 e. The molecule has 0 aliphatic carbocycles. The van der Waals surface area contributed by atoms with Crippen molar-refractivity contribution in [3.8, 4) is 11.3 Å². The van der Waals surface area contributed by atoms with Crippen LogP contribution >= 0.6 is 0 Å². The van der Waals surface area contributed by atoms with Crippen LogP contribution < -0.4 is 5.32 Å². The molecular weight excluding hydrogens is 434 g/mol. The molecule has 2 amide bonds. The summed E-state index contributed by atoms with van der Waals surface area (Å²) < 4.78 is 5.64.